The lowest BCUT2D eigenvalue weighted by Gasteiger charge is -2.07. The smallest absolute Gasteiger partial charge is 0.119 e. The van der Waals surface area contributed by atoms with Gasteiger partial charge in [-0.2, -0.15) is 0 Å². The molecule has 0 aromatic heterocycles. The van der Waals surface area contributed by atoms with Crippen LogP contribution in [-0.2, 0) is 0 Å². The van der Waals surface area contributed by atoms with Crippen molar-refractivity contribution in [2.24, 2.45) is 0 Å². The number of rotatable bonds is 6. The molecule has 0 amide bonds. The summed E-state index contributed by atoms with van der Waals surface area (Å²) in [5.41, 5.74) is 2.63. The van der Waals surface area contributed by atoms with Crippen LogP contribution in [0.4, 0.5) is 0 Å². The van der Waals surface area contributed by atoms with E-state index in [9.17, 15) is 0 Å². The molecular formula is C14H22O. The Kier molecular flexibility index (Phi) is 5.23. The maximum atomic E-state index is 5.69. The van der Waals surface area contributed by atoms with Gasteiger partial charge in [0.2, 0.25) is 0 Å². The molecule has 1 aromatic carbocycles. The molecule has 0 aliphatic heterocycles. The monoisotopic (exact) mass is 206 g/mol. The molecule has 0 bridgehead atoms. The van der Waals surface area contributed by atoms with Gasteiger partial charge in [0.25, 0.3) is 0 Å². The highest BCUT2D eigenvalue weighted by Gasteiger charge is 1.96. The van der Waals surface area contributed by atoms with Crippen LogP contribution in [0.3, 0.4) is 0 Å². The predicted molar refractivity (Wildman–Crippen MR) is 65.6 cm³/mol. The van der Waals surface area contributed by atoms with E-state index in [-0.39, 0.29) is 0 Å². The maximum Gasteiger partial charge on any atom is 0.119 e. The molecule has 0 aliphatic carbocycles. The SMILES string of the molecule is CCCCCCOc1ccc(C)c(C)c1. The molecule has 0 fully saturated rings. The van der Waals surface area contributed by atoms with E-state index in [1.165, 1.54) is 36.8 Å². The molecule has 15 heavy (non-hydrogen) atoms. The number of benzene rings is 1. The van der Waals surface area contributed by atoms with Crippen molar-refractivity contribution in [1.82, 2.24) is 0 Å². The Morgan fingerprint density at radius 2 is 1.80 bits per heavy atom. The van der Waals surface area contributed by atoms with Crippen LogP contribution in [0.5, 0.6) is 5.75 Å². The van der Waals surface area contributed by atoms with Crippen LogP contribution >= 0.6 is 0 Å². The Balaban J connectivity index is 2.28. The van der Waals surface area contributed by atoms with E-state index in [4.69, 9.17) is 4.74 Å². The van der Waals surface area contributed by atoms with Crippen LogP contribution < -0.4 is 4.74 Å². The summed E-state index contributed by atoms with van der Waals surface area (Å²) in [5.74, 6) is 1.01. The van der Waals surface area contributed by atoms with Gasteiger partial charge in [-0.25, -0.2) is 0 Å². The van der Waals surface area contributed by atoms with Crippen molar-refractivity contribution in [1.29, 1.82) is 0 Å². The molecule has 0 radical (unpaired) electrons. The second kappa shape index (κ2) is 6.49. The van der Waals surface area contributed by atoms with E-state index in [1.54, 1.807) is 0 Å². The summed E-state index contributed by atoms with van der Waals surface area (Å²) in [5, 5.41) is 0. The molecule has 0 spiro atoms. The minimum atomic E-state index is 0.850. The van der Waals surface area contributed by atoms with E-state index < -0.39 is 0 Å². The van der Waals surface area contributed by atoms with Gasteiger partial charge < -0.3 is 4.74 Å². The van der Waals surface area contributed by atoms with Gasteiger partial charge >= 0.3 is 0 Å². The van der Waals surface area contributed by atoms with E-state index in [2.05, 4.69) is 39.0 Å². The summed E-state index contributed by atoms with van der Waals surface area (Å²) >= 11 is 0. The third kappa shape index (κ3) is 4.37. The zero-order valence-electron chi connectivity index (χ0n) is 10.2. The van der Waals surface area contributed by atoms with Crippen molar-refractivity contribution in [3.05, 3.63) is 29.3 Å². The van der Waals surface area contributed by atoms with Gasteiger partial charge in [0.15, 0.2) is 0 Å². The zero-order valence-corrected chi connectivity index (χ0v) is 10.2. The summed E-state index contributed by atoms with van der Waals surface area (Å²) in [7, 11) is 0. The Hall–Kier alpha value is -0.980. The lowest BCUT2D eigenvalue weighted by atomic mass is 10.1. The number of aryl methyl sites for hydroxylation is 2. The third-order valence-electron chi connectivity index (χ3n) is 2.74. The zero-order chi connectivity index (χ0) is 11.1. The lowest BCUT2D eigenvalue weighted by molar-refractivity contribution is 0.305. The van der Waals surface area contributed by atoms with E-state index in [0.29, 0.717) is 0 Å². The summed E-state index contributed by atoms with van der Waals surface area (Å²) < 4.78 is 5.69. The van der Waals surface area contributed by atoms with Crippen LogP contribution in [0.2, 0.25) is 0 Å². The van der Waals surface area contributed by atoms with Crippen molar-refractivity contribution in [3.63, 3.8) is 0 Å². The molecule has 1 rings (SSSR count). The van der Waals surface area contributed by atoms with Gasteiger partial charge in [-0.1, -0.05) is 32.3 Å². The molecule has 0 aliphatic rings. The molecule has 1 nitrogen and oxygen atoms in total. The van der Waals surface area contributed by atoms with Gasteiger partial charge in [-0.05, 0) is 43.5 Å². The fraction of sp³-hybridized carbons (Fsp3) is 0.571. The first-order chi connectivity index (χ1) is 7.24. The van der Waals surface area contributed by atoms with E-state index >= 15 is 0 Å². The molecule has 0 saturated carbocycles. The Morgan fingerprint density at radius 1 is 1.00 bits per heavy atom. The molecule has 0 saturated heterocycles. The third-order valence-corrected chi connectivity index (χ3v) is 2.74. The summed E-state index contributed by atoms with van der Waals surface area (Å²) in [4.78, 5) is 0. The highest BCUT2D eigenvalue weighted by Crippen LogP contribution is 2.16. The van der Waals surface area contributed by atoms with Crippen LogP contribution in [0.1, 0.15) is 43.7 Å². The van der Waals surface area contributed by atoms with Crippen LogP contribution in [-0.4, -0.2) is 6.61 Å². The highest BCUT2D eigenvalue weighted by atomic mass is 16.5. The van der Waals surface area contributed by atoms with Gasteiger partial charge in [0, 0.05) is 0 Å². The first-order valence-electron chi connectivity index (χ1n) is 5.94. The highest BCUT2D eigenvalue weighted by molar-refractivity contribution is 5.33. The molecule has 0 heterocycles. The predicted octanol–water partition coefficient (Wildman–Crippen LogP) is 4.26. The summed E-state index contributed by atoms with van der Waals surface area (Å²) in [6, 6.07) is 6.30. The first kappa shape index (κ1) is 12.1. The fourth-order valence-corrected chi connectivity index (χ4v) is 1.52. The van der Waals surface area contributed by atoms with Gasteiger partial charge in [-0.3, -0.25) is 0 Å². The quantitative estimate of drug-likeness (QED) is 0.632. The van der Waals surface area contributed by atoms with Crippen molar-refractivity contribution >= 4 is 0 Å². The van der Waals surface area contributed by atoms with Crippen LogP contribution in [0.25, 0.3) is 0 Å². The van der Waals surface area contributed by atoms with Crippen molar-refractivity contribution in [2.75, 3.05) is 6.61 Å². The second-order valence-corrected chi connectivity index (χ2v) is 4.16. The Labute approximate surface area is 93.5 Å². The first-order valence-corrected chi connectivity index (χ1v) is 5.94. The van der Waals surface area contributed by atoms with Crippen LogP contribution in [0.15, 0.2) is 18.2 Å². The Morgan fingerprint density at radius 3 is 2.47 bits per heavy atom. The van der Waals surface area contributed by atoms with Gasteiger partial charge in [-0.15, -0.1) is 0 Å². The second-order valence-electron chi connectivity index (χ2n) is 4.16. The number of unbranched alkanes of at least 4 members (excludes halogenated alkanes) is 3. The molecule has 1 aromatic rings. The standard InChI is InChI=1S/C14H22O/c1-4-5-6-7-10-15-14-9-8-12(2)13(3)11-14/h8-9,11H,4-7,10H2,1-3H3. The minimum Gasteiger partial charge on any atom is -0.494 e. The van der Waals surface area contributed by atoms with Crippen molar-refractivity contribution in [2.45, 2.75) is 46.5 Å². The van der Waals surface area contributed by atoms with Gasteiger partial charge in [0.05, 0.1) is 6.61 Å². The molecule has 0 atom stereocenters. The largest absolute Gasteiger partial charge is 0.494 e. The van der Waals surface area contributed by atoms with Gasteiger partial charge in [0.1, 0.15) is 5.75 Å². The van der Waals surface area contributed by atoms with E-state index in [1.807, 2.05) is 0 Å². The van der Waals surface area contributed by atoms with Crippen molar-refractivity contribution in [3.8, 4) is 5.75 Å². The molecule has 0 unspecified atom stereocenters. The number of hydrogen-bond donors (Lipinski definition) is 0. The topological polar surface area (TPSA) is 9.23 Å². The van der Waals surface area contributed by atoms with E-state index in [0.717, 1.165) is 12.4 Å². The van der Waals surface area contributed by atoms with Crippen molar-refractivity contribution < 1.29 is 4.74 Å². The normalized spacial score (nSPS) is 10.3. The average Bonchev–Trinajstić information content (AvgIpc) is 2.23. The lowest BCUT2D eigenvalue weighted by Crippen LogP contribution is -1.97. The molecule has 84 valence electrons. The average molecular weight is 206 g/mol. The number of hydrogen-bond acceptors (Lipinski definition) is 1. The Bertz CT molecular complexity index is 291. The fourth-order valence-electron chi connectivity index (χ4n) is 1.52. The minimum absolute atomic E-state index is 0.850. The number of ether oxygens (including phenoxy) is 1. The molecule has 1 heteroatoms. The molecular weight excluding hydrogens is 184 g/mol. The molecule has 0 N–H and O–H groups in total. The van der Waals surface area contributed by atoms with Crippen LogP contribution in [0, 0.1) is 13.8 Å². The maximum absolute atomic E-state index is 5.69. The summed E-state index contributed by atoms with van der Waals surface area (Å²) in [6.07, 6.45) is 5.04. The summed E-state index contributed by atoms with van der Waals surface area (Å²) in [6.45, 7) is 7.33.